The summed E-state index contributed by atoms with van der Waals surface area (Å²) in [4.78, 5) is 17.8. The van der Waals surface area contributed by atoms with Crippen molar-refractivity contribution in [1.29, 1.82) is 0 Å². The van der Waals surface area contributed by atoms with Gasteiger partial charge in [-0.2, -0.15) is 4.98 Å². The van der Waals surface area contributed by atoms with Gasteiger partial charge < -0.3 is 19.9 Å². The third-order valence-corrected chi connectivity index (χ3v) is 5.28. The second kappa shape index (κ2) is 9.75. The molecule has 1 N–H and O–H groups in total. The van der Waals surface area contributed by atoms with Gasteiger partial charge in [-0.1, -0.05) is 6.42 Å². The Hall–Kier alpha value is -0.840. The monoisotopic (exact) mass is 524 g/mol. The molecular weight excluding hydrogens is 499 g/mol. The van der Waals surface area contributed by atoms with E-state index in [0.29, 0.717) is 11.8 Å². The molecule has 140 valence electrons. The number of aromatic nitrogens is 2. The minimum Gasteiger partial charge on any atom is -0.480 e. The lowest BCUT2D eigenvalue weighted by Gasteiger charge is -2.37. The number of halogens is 2. The minimum atomic E-state index is 0. The first-order valence-electron chi connectivity index (χ1n) is 8.48. The quantitative estimate of drug-likeness (QED) is 0.370. The summed E-state index contributed by atoms with van der Waals surface area (Å²) in [5.74, 6) is 3.12. The summed E-state index contributed by atoms with van der Waals surface area (Å²) in [6.45, 7) is 4.60. The fourth-order valence-corrected chi connectivity index (χ4v) is 3.37. The van der Waals surface area contributed by atoms with E-state index in [-0.39, 0.29) is 24.0 Å². The normalized spacial score (nSPS) is 18.4. The standard InChI is InChI=1S/C16H25BrN6O.HI/c1-18-15(19-10-12-4-3-5-12)22-6-8-23(9-7-22)16-20-11-13(17)14(21-16)24-2;/h11-12H,3-10H2,1-2H3,(H,18,19);1H. The molecule has 1 aromatic heterocycles. The van der Waals surface area contributed by atoms with Gasteiger partial charge in [0.1, 0.15) is 0 Å². The zero-order valence-electron chi connectivity index (χ0n) is 14.7. The van der Waals surface area contributed by atoms with Crippen molar-refractivity contribution in [2.75, 3.05) is 51.8 Å². The number of methoxy groups -OCH3 is 1. The van der Waals surface area contributed by atoms with Crippen LogP contribution in [0.4, 0.5) is 5.95 Å². The van der Waals surface area contributed by atoms with Crippen molar-refractivity contribution < 1.29 is 4.74 Å². The molecule has 1 aromatic rings. The maximum Gasteiger partial charge on any atom is 0.232 e. The van der Waals surface area contributed by atoms with Crippen molar-refractivity contribution in [3.05, 3.63) is 10.7 Å². The highest BCUT2D eigenvalue weighted by Crippen LogP contribution is 2.25. The van der Waals surface area contributed by atoms with Crippen LogP contribution in [0, 0.1) is 5.92 Å². The van der Waals surface area contributed by atoms with E-state index in [1.165, 1.54) is 19.3 Å². The lowest BCUT2D eigenvalue weighted by atomic mass is 9.85. The van der Waals surface area contributed by atoms with E-state index in [4.69, 9.17) is 4.74 Å². The van der Waals surface area contributed by atoms with Gasteiger partial charge in [-0.15, -0.1) is 24.0 Å². The molecule has 1 aliphatic carbocycles. The Bertz CT molecular complexity index is 590. The molecule has 2 heterocycles. The Labute approximate surface area is 174 Å². The fraction of sp³-hybridized carbons (Fsp3) is 0.688. The summed E-state index contributed by atoms with van der Waals surface area (Å²) < 4.78 is 6.03. The first-order chi connectivity index (χ1) is 11.7. The van der Waals surface area contributed by atoms with Crippen LogP contribution in [0.25, 0.3) is 0 Å². The van der Waals surface area contributed by atoms with Crippen LogP contribution in [0.15, 0.2) is 15.7 Å². The zero-order chi connectivity index (χ0) is 16.9. The SMILES string of the molecule is CN=C(NCC1CCC1)N1CCN(c2ncc(Br)c(OC)n2)CC1.I. The third-order valence-electron chi connectivity index (χ3n) is 4.74. The third kappa shape index (κ3) is 5.08. The average Bonchev–Trinajstić information content (AvgIpc) is 2.58. The van der Waals surface area contributed by atoms with Gasteiger partial charge in [0.25, 0.3) is 0 Å². The Morgan fingerprint density at radius 1 is 1.36 bits per heavy atom. The van der Waals surface area contributed by atoms with E-state index in [9.17, 15) is 0 Å². The lowest BCUT2D eigenvalue weighted by molar-refractivity contribution is 0.304. The molecule has 2 aliphatic rings. The van der Waals surface area contributed by atoms with E-state index >= 15 is 0 Å². The molecule has 1 saturated heterocycles. The van der Waals surface area contributed by atoms with Crippen molar-refractivity contribution >= 4 is 51.8 Å². The largest absolute Gasteiger partial charge is 0.480 e. The van der Waals surface area contributed by atoms with Gasteiger partial charge in [-0.05, 0) is 34.7 Å². The first kappa shape index (κ1) is 20.5. The van der Waals surface area contributed by atoms with Gasteiger partial charge in [0, 0.05) is 39.8 Å². The Balaban J connectivity index is 0.00000225. The molecule has 7 nitrogen and oxygen atoms in total. The molecule has 2 fully saturated rings. The van der Waals surface area contributed by atoms with Gasteiger partial charge in [0.05, 0.1) is 17.8 Å². The van der Waals surface area contributed by atoms with Gasteiger partial charge in [0.2, 0.25) is 11.8 Å². The lowest BCUT2D eigenvalue weighted by Crippen LogP contribution is -2.53. The van der Waals surface area contributed by atoms with E-state index in [0.717, 1.165) is 49.1 Å². The number of hydrogen-bond donors (Lipinski definition) is 1. The van der Waals surface area contributed by atoms with Crippen LogP contribution < -0.4 is 15.0 Å². The van der Waals surface area contributed by atoms with Crippen molar-refractivity contribution in [2.24, 2.45) is 10.9 Å². The number of rotatable bonds is 4. The predicted molar refractivity (Wildman–Crippen MR) is 114 cm³/mol. The van der Waals surface area contributed by atoms with Crippen LogP contribution in [0.3, 0.4) is 0 Å². The van der Waals surface area contributed by atoms with E-state index in [1.807, 2.05) is 7.05 Å². The van der Waals surface area contributed by atoms with Crippen molar-refractivity contribution in [2.45, 2.75) is 19.3 Å². The summed E-state index contributed by atoms with van der Waals surface area (Å²) in [5, 5.41) is 3.52. The highest BCUT2D eigenvalue weighted by atomic mass is 127. The number of anilines is 1. The molecule has 3 rings (SSSR count). The number of nitrogens with one attached hydrogen (secondary N) is 1. The highest BCUT2D eigenvalue weighted by Gasteiger charge is 2.23. The van der Waals surface area contributed by atoms with E-state index < -0.39 is 0 Å². The smallest absolute Gasteiger partial charge is 0.232 e. The Kier molecular flexibility index (Phi) is 7.98. The molecule has 0 unspecified atom stereocenters. The highest BCUT2D eigenvalue weighted by molar-refractivity contribution is 14.0. The maximum atomic E-state index is 5.26. The number of guanidine groups is 1. The second-order valence-corrected chi connectivity index (χ2v) is 7.08. The number of ether oxygens (including phenoxy) is 1. The fourth-order valence-electron chi connectivity index (χ4n) is 3.02. The molecule has 1 saturated carbocycles. The molecule has 0 amide bonds. The number of nitrogens with zero attached hydrogens (tertiary/aromatic N) is 5. The van der Waals surface area contributed by atoms with Gasteiger partial charge >= 0.3 is 0 Å². The summed E-state index contributed by atoms with van der Waals surface area (Å²) >= 11 is 3.39. The maximum absolute atomic E-state index is 5.26. The van der Waals surface area contributed by atoms with Crippen molar-refractivity contribution in [1.82, 2.24) is 20.2 Å². The molecule has 0 bridgehead atoms. The Morgan fingerprint density at radius 2 is 2.08 bits per heavy atom. The molecule has 0 radical (unpaired) electrons. The van der Waals surface area contributed by atoms with Crippen molar-refractivity contribution in [3.8, 4) is 5.88 Å². The minimum absolute atomic E-state index is 0. The van der Waals surface area contributed by atoms with Crippen LogP contribution in [0.1, 0.15) is 19.3 Å². The molecule has 0 spiro atoms. The molecule has 1 aliphatic heterocycles. The Morgan fingerprint density at radius 3 is 2.64 bits per heavy atom. The van der Waals surface area contributed by atoms with E-state index in [1.54, 1.807) is 13.3 Å². The summed E-state index contributed by atoms with van der Waals surface area (Å²) in [6, 6.07) is 0. The second-order valence-electron chi connectivity index (χ2n) is 6.23. The van der Waals surface area contributed by atoms with Crippen molar-refractivity contribution in [3.63, 3.8) is 0 Å². The number of hydrogen-bond acceptors (Lipinski definition) is 5. The molecule has 0 atom stereocenters. The molecular formula is C16H26BrIN6O. The number of aliphatic imine (C=N–C) groups is 1. The van der Waals surface area contributed by atoms with Gasteiger partial charge in [-0.25, -0.2) is 4.98 Å². The topological polar surface area (TPSA) is 65.9 Å². The molecule has 0 aromatic carbocycles. The summed E-state index contributed by atoms with van der Waals surface area (Å²) in [6.07, 6.45) is 5.81. The van der Waals surface area contributed by atoms with E-state index in [2.05, 4.69) is 46.0 Å². The van der Waals surface area contributed by atoms with Crippen LogP contribution >= 0.6 is 39.9 Å². The van der Waals surface area contributed by atoms with Gasteiger partial charge in [-0.3, -0.25) is 4.99 Å². The predicted octanol–water partition coefficient (Wildman–Crippen LogP) is 2.36. The molecule has 25 heavy (non-hydrogen) atoms. The summed E-state index contributed by atoms with van der Waals surface area (Å²) in [5.41, 5.74) is 0. The zero-order valence-corrected chi connectivity index (χ0v) is 18.7. The average molecular weight is 525 g/mol. The molecule has 9 heteroatoms. The number of piperazine rings is 1. The first-order valence-corrected chi connectivity index (χ1v) is 9.27. The van der Waals surface area contributed by atoms with Crippen LogP contribution in [-0.4, -0.2) is 67.7 Å². The van der Waals surface area contributed by atoms with Gasteiger partial charge in [0.15, 0.2) is 5.96 Å². The van der Waals surface area contributed by atoms with Crippen LogP contribution in [-0.2, 0) is 0 Å². The summed E-state index contributed by atoms with van der Waals surface area (Å²) in [7, 11) is 3.48. The van der Waals surface area contributed by atoms with Crippen LogP contribution in [0.2, 0.25) is 0 Å². The van der Waals surface area contributed by atoms with Crippen LogP contribution in [0.5, 0.6) is 5.88 Å².